The zero-order valence-corrected chi connectivity index (χ0v) is 11.0. The molecule has 1 amide bonds. The molecule has 0 fully saturated rings. The van der Waals surface area contributed by atoms with Gasteiger partial charge >= 0.3 is 0 Å². The number of rotatable bonds is 5. The van der Waals surface area contributed by atoms with Gasteiger partial charge in [-0.3, -0.25) is 9.52 Å². The lowest BCUT2D eigenvalue weighted by Crippen LogP contribution is -2.19. The fourth-order valence-corrected chi connectivity index (χ4v) is 2.21. The van der Waals surface area contributed by atoms with Crippen LogP contribution in [0.25, 0.3) is 0 Å². The number of carbonyl (C=O) groups is 1. The highest BCUT2D eigenvalue weighted by Crippen LogP contribution is 2.29. The van der Waals surface area contributed by atoms with Gasteiger partial charge in [0.1, 0.15) is 0 Å². The standard InChI is InChI=1S/C11H16N2O4S/c1-3-9(14)10-7(11(12)15)5-4-6-8(10)13-18(2,16)17/h4-6,9,13-14H,3H2,1-2H3,(H2,12,15). The van der Waals surface area contributed by atoms with Gasteiger partial charge in [-0.2, -0.15) is 0 Å². The molecule has 1 aromatic rings. The number of carbonyl (C=O) groups excluding carboxylic acids is 1. The Morgan fingerprint density at radius 3 is 2.56 bits per heavy atom. The fourth-order valence-electron chi connectivity index (χ4n) is 1.63. The second-order valence-corrected chi connectivity index (χ2v) is 5.68. The van der Waals surface area contributed by atoms with Crippen LogP contribution in [0.4, 0.5) is 5.69 Å². The molecule has 0 aromatic heterocycles. The molecule has 0 aliphatic carbocycles. The van der Waals surface area contributed by atoms with E-state index in [4.69, 9.17) is 5.73 Å². The summed E-state index contributed by atoms with van der Waals surface area (Å²) in [6.45, 7) is 1.71. The van der Waals surface area contributed by atoms with Crippen LogP contribution in [-0.4, -0.2) is 25.7 Å². The summed E-state index contributed by atoms with van der Waals surface area (Å²) in [5, 5.41) is 9.89. The fraction of sp³-hybridized carbons (Fsp3) is 0.364. The third kappa shape index (κ3) is 3.44. The molecule has 6 nitrogen and oxygen atoms in total. The molecule has 1 aromatic carbocycles. The van der Waals surface area contributed by atoms with E-state index in [0.29, 0.717) is 6.42 Å². The van der Waals surface area contributed by atoms with Crippen LogP contribution in [0.2, 0.25) is 0 Å². The smallest absolute Gasteiger partial charge is 0.249 e. The molecule has 0 radical (unpaired) electrons. The second-order valence-electron chi connectivity index (χ2n) is 3.93. The van der Waals surface area contributed by atoms with E-state index in [2.05, 4.69) is 4.72 Å². The van der Waals surface area contributed by atoms with E-state index >= 15 is 0 Å². The van der Waals surface area contributed by atoms with E-state index in [-0.39, 0.29) is 16.8 Å². The Bertz CT molecular complexity index is 554. The van der Waals surface area contributed by atoms with Crippen molar-refractivity contribution in [1.29, 1.82) is 0 Å². The van der Waals surface area contributed by atoms with Gasteiger partial charge in [-0.1, -0.05) is 13.0 Å². The number of aliphatic hydroxyl groups excluding tert-OH is 1. The molecule has 0 aliphatic heterocycles. The molecule has 100 valence electrons. The first kappa shape index (κ1) is 14.5. The summed E-state index contributed by atoms with van der Waals surface area (Å²) < 4.78 is 24.7. The van der Waals surface area contributed by atoms with Crippen LogP contribution in [0.3, 0.4) is 0 Å². The molecular formula is C11H16N2O4S. The van der Waals surface area contributed by atoms with Crippen LogP contribution in [0.5, 0.6) is 0 Å². The minimum Gasteiger partial charge on any atom is -0.388 e. The average Bonchev–Trinajstić information content (AvgIpc) is 2.25. The molecular weight excluding hydrogens is 256 g/mol. The van der Waals surface area contributed by atoms with Crippen LogP contribution < -0.4 is 10.5 Å². The summed E-state index contributed by atoms with van der Waals surface area (Å²) in [7, 11) is -3.50. The van der Waals surface area contributed by atoms with Gasteiger partial charge in [0.05, 0.1) is 18.0 Å². The first-order valence-corrected chi connectivity index (χ1v) is 7.24. The molecule has 0 bridgehead atoms. The van der Waals surface area contributed by atoms with E-state index in [1.54, 1.807) is 6.92 Å². The summed E-state index contributed by atoms with van der Waals surface area (Å²) >= 11 is 0. The van der Waals surface area contributed by atoms with Crippen molar-refractivity contribution in [1.82, 2.24) is 0 Å². The lowest BCUT2D eigenvalue weighted by atomic mass is 9.98. The number of hydrogen-bond acceptors (Lipinski definition) is 4. The third-order valence-corrected chi connectivity index (χ3v) is 2.98. The van der Waals surface area contributed by atoms with Crippen LogP contribution in [0, 0.1) is 0 Å². The number of nitrogens with two attached hydrogens (primary N) is 1. The Morgan fingerprint density at radius 1 is 1.50 bits per heavy atom. The predicted octanol–water partition coefficient (Wildman–Crippen LogP) is 0.600. The van der Waals surface area contributed by atoms with Gasteiger partial charge in [-0.15, -0.1) is 0 Å². The largest absolute Gasteiger partial charge is 0.388 e. The van der Waals surface area contributed by atoms with E-state index in [9.17, 15) is 18.3 Å². The molecule has 0 saturated carbocycles. The van der Waals surface area contributed by atoms with Crippen molar-refractivity contribution >= 4 is 21.6 Å². The third-order valence-electron chi connectivity index (χ3n) is 2.39. The molecule has 0 aliphatic rings. The summed E-state index contributed by atoms with van der Waals surface area (Å²) in [5.41, 5.74) is 5.70. The number of anilines is 1. The number of sulfonamides is 1. The Balaban J connectivity index is 3.42. The van der Waals surface area contributed by atoms with Crippen molar-refractivity contribution in [3.8, 4) is 0 Å². The molecule has 4 N–H and O–H groups in total. The van der Waals surface area contributed by atoms with E-state index in [0.717, 1.165) is 6.26 Å². The van der Waals surface area contributed by atoms with Crippen LogP contribution >= 0.6 is 0 Å². The van der Waals surface area contributed by atoms with Crippen LogP contribution in [0.1, 0.15) is 35.4 Å². The average molecular weight is 272 g/mol. The van der Waals surface area contributed by atoms with Crippen molar-refractivity contribution < 1.29 is 18.3 Å². The number of hydrogen-bond donors (Lipinski definition) is 3. The molecule has 7 heteroatoms. The van der Waals surface area contributed by atoms with Crippen molar-refractivity contribution in [3.05, 3.63) is 29.3 Å². The van der Waals surface area contributed by atoms with Gasteiger partial charge in [0.2, 0.25) is 15.9 Å². The van der Waals surface area contributed by atoms with E-state index in [1.165, 1.54) is 18.2 Å². The Morgan fingerprint density at radius 2 is 2.11 bits per heavy atom. The minimum absolute atomic E-state index is 0.109. The maximum absolute atomic E-state index is 11.3. The molecule has 0 spiro atoms. The topological polar surface area (TPSA) is 109 Å². The molecule has 0 heterocycles. The van der Waals surface area contributed by atoms with Crippen molar-refractivity contribution in [3.63, 3.8) is 0 Å². The lowest BCUT2D eigenvalue weighted by molar-refractivity contribution is 0.0992. The van der Waals surface area contributed by atoms with E-state index < -0.39 is 22.0 Å². The zero-order chi connectivity index (χ0) is 13.9. The Kier molecular flexibility index (Phi) is 4.31. The van der Waals surface area contributed by atoms with Gasteiger partial charge < -0.3 is 10.8 Å². The summed E-state index contributed by atoms with van der Waals surface area (Å²) in [6.07, 6.45) is 0.368. The van der Waals surface area contributed by atoms with Crippen LogP contribution in [-0.2, 0) is 10.0 Å². The monoisotopic (exact) mass is 272 g/mol. The van der Waals surface area contributed by atoms with Gasteiger partial charge in [0.25, 0.3) is 0 Å². The molecule has 18 heavy (non-hydrogen) atoms. The predicted molar refractivity (Wildman–Crippen MR) is 68.7 cm³/mol. The van der Waals surface area contributed by atoms with Gasteiger partial charge in [0.15, 0.2) is 0 Å². The minimum atomic E-state index is -3.50. The Labute approximate surface area is 106 Å². The van der Waals surface area contributed by atoms with Gasteiger partial charge in [-0.05, 0) is 18.6 Å². The Hall–Kier alpha value is -1.60. The highest BCUT2D eigenvalue weighted by molar-refractivity contribution is 7.92. The highest BCUT2D eigenvalue weighted by atomic mass is 32.2. The molecule has 0 saturated heterocycles. The summed E-state index contributed by atoms with van der Waals surface area (Å²) in [6, 6.07) is 4.42. The normalized spacial score (nSPS) is 13.1. The van der Waals surface area contributed by atoms with E-state index in [1.807, 2.05) is 0 Å². The number of nitrogens with one attached hydrogen (secondary N) is 1. The summed E-state index contributed by atoms with van der Waals surface area (Å²) in [5.74, 6) is -0.713. The zero-order valence-electron chi connectivity index (χ0n) is 10.2. The maximum atomic E-state index is 11.3. The molecule has 1 unspecified atom stereocenters. The number of benzene rings is 1. The van der Waals surface area contributed by atoms with Gasteiger partial charge in [0, 0.05) is 11.1 Å². The first-order valence-electron chi connectivity index (χ1n) is 5.34. The quantitative estimate of drug-likeness (QED) is 0.729. The van der Waals surface area contributed by atoms with Crippen molar-refractivity contribution in [2.45, 2.75) is 19.4 Å². The lowest BCUT2D eigenvalue weighted by Gasteiger charge is -2.17. The molecule has 1 rings (SSSR count). The first-order chi connectivity index (χ1) is 8.26. The SMILES string of the molecule is CCC(O)c1c(NS(C)(=O)=O)cccc1C(N)=O. The van der Waals surface area contributed by atoms with Crippen molar-refractivity contribution in [2.24, 2.45) is 5.73 Å². The van der Waals surface area contributed by atoms with Crippen molar-refractivity contribution in [2.75, 3.05) is 11.0 Å². The van der Waals surface area contributed by atoms with Crippen LogP contribution in [0.15, 0.2) is 18.2 Å². The van der Waals surface area contributed by atoms with Gasteiger partial charge in [-0.25, -0.2) is 8.42 Å². The second kappa shape index (κ2) is 5.36. The molecule has 1 atom stereocenters. The number of aliphatic hydroxyl groups is 1. The highest BCUT2D eigenvalue weighted by Gasteiger charge is 2.20. The maximum Gasteiger partial charge on any atom is 0.249 e. The number of primary amides is 1. The summed E-state index contributed by atoms with van der Waals surface area (Å²) in [4.78, 5) is 11.3. The number of amides is 1.